The fraction of sp³-hybridized carbons (Fsp3) is 0.300. The van der Waals surface area contributed by atoms with E-state index in [2.05, 4.69) is 5.32 Å². The van der Waals surface area contributed by atoms with Gasteiger partial charge in [0.25, 0.3) is 11.8 Å². The molecule has 3 amide bonds. The Kier molecular flexibility index (Phi) is 7.60. The second kappa shape index (κ2) is 11.2. The monoisotopic (exact) mass is 531 g/mol. The van der Waals surface area contributed by atoms with Crippen molar-refractivity contribution in [2.24, 2.45) is 0 Å². The van der Waals surface area contributed by atoms with Crippen molar-refractivity contribution in [1.29, 1.82) is 0 Å². The van der Waals surface area contributed by atoms with Crippen LogP contribution in [0, 0.1) is 5.82 Å². The number of nitrogens with zero attached hydrogens (tertiary/aromatic N) is 2. The van der Waals surface area contributed by atoms with Gasteiger partial charge >= 0.3 is 0 Å². The van der Waals surface area contributed by atoms with Crippen molar-refractivity contribution in [1.82, 2.24) is 15.1 Å². The molecule has 0 bridgehead atoms. The zero-order valence-corrected chi connectivity index (χ0v) is 21.6. The van der Waals surface area contributed by atoms with Crippen LogP contribution in [-0.2, 0) is 16.1 Å². The van der Waals surface area contributed by atoms with Gasteiger partial charge in [0.05, 0.1) is 13.7 Å². The number of likely N-dealkylation sites (tertiary alicyclic amines) is 1. The molecular formula is C30H30FN3O5. The number of carbonyl (C=O) groups excluding carboxylic acids is 3. The Labute approximate surface area is 226 Å². The number of piperidine rings is 1. The molecule has 0 saturated carbocycles. The third-order valence-electron chi connectivity index (χ3n) is 7.31. The number of amides is 3. The highest BCUT2D eigenvalue weighted by Gasteiger charge is 2.54. The zero-order chi connectivity index (χ0) is 27.4. The van der Waals surface area contributed by atoms with Gasteiger partial charge in [0.2, 0.25) is 5.91 Å². The predicted molar refractivity (Wildman–Crippen MR) is 141 cm³/mol. The molecule has 0 aromatic heterocycles. The van der Waals surface area contributed by atoms with Crippen molar-refractivity contribution >= 4 is 17.7 Å². The van der Waals surface area contributed by atoms with Crippen LogP contribution in [0.2, 0.25) is 0 Å². The van der Waals surface area contributed by atoms with Gasteiger partial charge in [0, 0.05) is 43.6 Å². The molecule has 9 heteroatoms. The summed E-state index contributed by atoms with van der Waals surface area (Å²) in [6.07, 6.45) is 0.623. The third kappa shape index (κ3) is 5.49. The Morgan fingerprint density at radius 3 is 2.33 bits per heavy atom. The molecular weight excluding hydrogens is 501 g/mol. The smallest absolute Gasteiger partial charge is 0.257 e. The molecule has 2 aliphatic rings. The van der Waals surface area contributed by atoms with Crippen LogP contribution in [0.4, 0.5) is 4.39 Å². The molecule has 1 atom stereocenters. The molecule has 202 valence electrons. The number of rotatable bonds is 6. The van der Waals surface area contributed by atoms with Crippen molar-refractivity contribution in [2.45, 2.75) is 31.2 Å². The van der Waals surface area contributed by atoms with E-state index in [1.54, 1.807) is 35.2 Å². The lowest BCUT2D eigenvalue weighted by molar-refractivity contribution is -0.128. The summed E-state index contributed by atoms with van der Waals surface area (Å²) < 4.78 is 25.3. The standard InChI is InChI=1S/C30H30FN3O5/c1-38-25-12-6-10-23(18-25)29(37)34-26(27(35)32-19-21-7-3-2-4-8-21)20-39-30(34)13-15-33(16-14-30)28(36)22-9-5-11-24(31)17-22/h2-12,17-18,26H,13-16,19-20H2,1H3,(H,32,35). The Bertz CT molecular complexity index is 1360. The van der Waals surface area contributed by atoms with E-state index in [1.165, 1.54) is 30.2 Å². The predicted octanol–water partition coefficient (Wildman–Crippen LogP) is 3.62. The molecule has 2 fully saturated rings. The number of nitrogens with one attached hydrogen (secondary N) is 1. The van der Waals surface area contributed by atoms with Gasteiger partial charge in [-0.2, -0.15) is 0 Å². The molecule has 1 unspecified atom stereocenters. The summed E-state index contributed by atoms with van der Waals surface area (Å²) in [6, 6.07) is 21.0. The van der Waals surface area contributed by atoms with E-state index in [-0.39, 0.29) is 43.0 Å². The number of ether oxygens (including phenoxy) is 2. The molecule has 3 aromatic rings. The first-order valence-electron chi connectivity index (χ1n) is 12.9. The van der Waals surface area contributed by atoms with Crippen LogP contribution in [0.1, 0.15) is 39.1 Å². The Morgan fingerprint density at radius 2 is 1.64 bits per heavy atom. The summed E-state index contributed by atoms with van der Waals surface area (Å²) in [5, 5.41) is 2.94. The molecule has 2 saturated heterocycles. The first-order chi connectivity index (χ1) is 18.9. The maximum absolute atomic E-state index is 13.9. The Hall–Kier alpha value is -4.24. The van der Waals surface area contributed by atoms with Gasteiger partial charge in [0.15, 0.2) is 0 Å². The maximum Gasteiger partial charge on any atom is 0.257 e. The first kappa shape index (κ1) is 26.4. The molecule has 8 nitrogen and oxygen atoms in total. The van der Waals surface area contributed by atoms with Gasteiger partial charge in [-0.25, -0.2) is 4.39 Å². The molecule has 39 heavy (non-hydrogen) atoms. The average Bonchev–Trinajstić information content (AvgIpc) is 3.34. The van der Waals surface area contributed by atoms with Crippen LogP contribution < -0.4 is 10.1 Å². The maximum atomic E-state index is 13.9. The molecule has 5 rings (SSSR count). The van der Waals surface area contributed by atoms with Crippen LogP contribution >= 0.6 is 0 Å². The highest BCUT2D eigenvalue weighted by Crippen LogP contribution is 2.39. The number of hydrogen-bond acceptors (Lipinski definition) is 5. The minimum Gasteiger partial charge on any atom is -0.497 e. The van der Waals surface area contributed by atoms with Crippen LogP contribution in [0.5, 0.6) is 5.75 Å². The molecule has 0 aliphatic carbocycles. The Morgan fingerprint density at radius 1 is 0.949 bits per heavy atom. The van der Waals surface area contributed by atoms with Crippen molar-refractivity contribution in [2.75, 3.05) is 26.8 Å². The van der Waals surface area contributed by atoms with Crippen LogP contribution in [0.15, 0.2) is 78.9 Å². The normalized spacial score (nSPS) is 18.2. The van der Waals surface area contributed by atoms with Crippen LogP contribution in [0.3, 0.4) is 0 Å². The van der Waals surface area contributed by atoms with E-state index in [0.29, 0.717) is 30.7 Å². The molecule has 1 N–H and O–H groups in total. The van der Waals surface area contributed by atoms with Gasteiger partial charge in [-0.05, 0) is 42.0 Å². The van der Waals surface area contributed by atoms with E-state index in [4.69, 9.17) is 9.47 Å². The van der Waals surface area contributed by atoms with E-state index in [1.807, 2.05) is 30.3 Å². The van der Waals surface area contributed by atoms with Gasteiger partial charge in [-0.1, -0.05) is 42.5 Å². The van der Waals surface area contributed by atoms with E-state index in [9.17, 15) is 18.8 Å². The third-order valence-corrected chi connectivity index (χ3v) is 7.31. The van der Waals surface area contributed by atoms with Crippen LogP contribution in [-0.4, -0.2) is 66.1 Å². The minimum absolute atomic E-state index is 0.0359. The van der Waals surface area contributed by atoms with Gasteiger partial charge in [0.1, 0.15) is 23.3 Å². The van der Waals surface area contributed by atoms with Crippen molar-refractivity contribution in [3.05, 3.63) is 101 Å². The molecule has 3 aromatic carbocycles. The number of benzene rings is 3. The highest BCUT2D eigenvalue weighted by molar-refractivity contribution is 5.99. The Balaban J connectivity index is 1.38. The van der Waals surface area contributed by atoms with E-state index in [0.717, 1.165) is 5.56 Å². The van der Waals surface area contributed by atoms with E-state index < -0.39 is 17.6 Å². The summed E-state index contributed by atoms with van der Waals surface area (Å²) >= 11 is 0. The van der Waals surface area contributed by atoms with Crippen molar-refractivity contribution < 1.29 is 28.2 Å². The molecule has 2 aliphatic heterocycles. The number of carbonyl (C=O) groups is 3. The number of halogens is 1. The largest absolute Gasteiger partial charge is 0.497 e. The summed E-state index contributed by atoms with van der Waals surface area (Å²) in [5.41, 5.74) is 0.515. The second-order valence-corrected chi connectivity index (χ2v) is 9.69. The molecule has 2 heterocycles. The minimum atomic E-state index is -1.06. The summed E-state index contributed by atoms with van der Waals surface area (Å²) in [6.45, 7) is 0.930. The van der Waals surface area contributed by atoms with Gasteiger partial charge < -0.3 is 19.7 Å². The molecule has 1 spiro atoms. The van der Waals surface area contributed by atoms with Crippen LogP contribution in [0.25, 0.3) is 0 Å². The second-order valence-electron chi connectivity index (χ2n) is 9.69. The summed E-state index contributed by atoms with van der Waals surface area (Å²) in [5.74, 6) is -0.907. The van der Waals surface area contributed by atoms with Gasteiger partial charge in [-0.3, -0.25) is 19.3 Å². The lowest BCUT2D eigenvalue weighted by Crippen LogP contribution is -2.59. The van der Waals surface area contributed by atoms with Gasteiger partial charge in [-0.15, -0.1) is 0 Å². The van der Waals surface area contributed by atoms with Crippen molar-refractivity contribution in [3.8, 4) is 5.75 Å². The molecule has 0 radical (unpaired) electrons. The average molecular weight is 532 g/mol. The summed E-state index contributed by atoms with van der Waals surface area (Å²) in [4.78, 5) is 43.5. The highest BCUT2D eigenvalue weighted by atomic mass is 19.1. The number of methoxy groups -OCH3 is 1. The fourth-order valence-electron chi connectivity index (χ4n) is 5.23. The summed E-state index contributed by atoms with van der Waals surface area (Å²) in [7, 11) is 1.52. The number of hydrogen-bond donors (Lipinski definition) is 1. The topological polar surface area (TPSA) is 88.2 Å². The lowest BCUT2D eigenvalue weighted by atomic mass is 9.96. The zero-order valence-electron chi connectivity index (χ0n) is 21.6. The lowest BCUT2D eigenvalue weighted by Gasteiger charge is -2.44. The van der Waals surface area contributed by atoms with Crippen molar-refractivity contribution in [3.63, 3.8) is 0 Å². The SMILES string of the molecule is COc1cccc(C(=O)N2C(C(=O)NCc3ccccc3)COC23CCN(C(=O)c2cccc(F)c2)CC3)c1. The van der Waals surface area contributed by atoms with E-state index >= 15 is 0 Å². The fourth-order valence-corrected chi connectivity index (χ4v) is 5.23. The quantitative estimate of drug-likeness (QED) is 0.525. The first-order valence-corrected chi connectivity index (χ1v) is 12.9.